The lowest BCUT2D eigenvalue weighted by atomic mass is 10.2. The van der Waals surface area contributed by atoms with E-state index in [1.165, 1.54) is 4.90 Å². The molecule has 2 amide bonds. The van der Waals surface area contributed by atoms with E-state index in [2.05, 4.69) is 10.2 Å². The third kappa shape index (κ3) is 4.18. The van der Waals surface area contributed by atoms with Crippen LogP contribution in [0.15, 0.2) is 48.5 Å². The number of nitriles is 1. The molecule has 2 aromatic rings. The molecule has 7 nitrogen and oxygen atoms in total. The number of carbonyl (C=O) groups excluding carboxylic acids is 2. The summed E-state index contributed by atoms with van der Waals surface area (Å²) in [5.41, 5.74) is 1.72. The lowest BCUT2D eigenvalue weighted by molar-refractivity contribution is -0.143. The fourth-order valence-corrected chi connectivity index (χ4v) is 2.97. The van der Waals surface area contributed by atoms with E-state index in [1.807, 2.05) is 30.3 Å². The summed E-state index contributed by atoms with van der Waals surface area (Å²) in [6.45, 7) is 2.19. The van der Waals surface area contributed by atoms with Crippen molar-refractivity contribution in [2.75, 3.05) is 43.5 Å². The average molecular weight is 364 g/mol. The molecule has 0 atom stereocenters. The quantitative estimate of drug-likeness (QED) is 0.840. The first-order valence-corrected chi connectivity index (χ1v) is 8.61. The molecular formula is C20H20N4O3. The van der Waals surface area contributed by atoms with Crippen LogP contribution in [0.5, 0.6) is 5.75 Å². The number of nitrogens with one attached hydrogen (secondary N) is 1. The van der Waals surface area contributed by atoms with Crippen molar-refractivity contribution in [2.24, 2.45) is 0 Å². The first-order valence-electron chi connectivity index (χ1n) is 8.61. The van der Waals surface area contributed by atoms with Gasteiger partial charge in [0.1, 0.15) is 11.8 Å². The van der Waals surface area contributed by atoms with Gasteiger partial charge in [-0.25, -0.2) is 0 Å². The number of amides is 2. The molecular weight excluding hydrogens is 344 g/mol. The molecule has 7 heteroatoms. The highest BCUT2D eigenvalue weighted by Gasteiger charge is 2.26. The number of benzene rings is 2. The minimum absolute atomic E-state index is 0.322. The van der Waals surface area contributed by atoms with E-state index in [-0.39, 0.29) is 0 Å². The molecule has 0 bridgehead atoms. The molecule has 2 aromatic carbocycles. The Bertz CT molecular complexity index is 866. The summed E-state index contributed by atoms with van der Waals surface area (Å²) in [7, 11) is 1.62. The summed E-state index contributed by atoms with van der Waals surface area (Å²) < 4.78 is 5.16. The van der Waals surface area contributed by atoms with Crippen LogP contribution in [-0.2, 0) is 9.59 Å². The van der Waals surface area contributed by atoms with E-state index >= 15 is 0 Å². The van der Waals surface area contributed by atoms with E-state index in [9.17, 15) is 9.59 Å². The van der Waals surface area contributed by atoms with Crippen LogP contribution in [0.4, 0.5) is 11.4 Å². The topological polar surface area (TPSA) is 85.7 Å². The molecule has 1 N–H and O–H groups in total. The van der Waals surface area contributed by atoms with E-state index in [4.69, 9.17) is 10.00 Å². The highest BCUT2D eigenvalue weighted by atomic mass is 16.5. The Morgan fingerprint density at radius 2 is 1.70 bits per heavy atom. The second-order valence-corrected chi connectivity index (χ2v) is 6.09. The molecule has 0 aromatic heterocycles. The van der Waals surface area contributed by atoms with Crippen molar-refractivity contribution in [1.82, 2.24) is 4.90 Å². The average Bonchev–Trinajstić information content (AvgIpc) is 2.73. The molecule has 0 aliphatic carbocycles. The first kappa shape index (κ1) is 18.3. The molecule has 1 saturated heterocycles. The Hall–Kier alpha value is -3.53. The number of rotatable bonds is 3. The van der Waals surface area contributed by atoms with Gasteiger partial charge in [0.25, 0.3) is 0 Å². The molecule has 3 rings (SSSR count). The number of nitrogens with zero attached hydrogens (tertiary/aromatic N) is 3. The molecule has 0 unspecified atom stereocenters. The summed E-state index contributed by atoms with van der Waals surface area (Å²) in [5.74, 6) is -0.519. The predicted molar refractivity (Wildman–Crippen MR) is 102 cm³/mol. The van der Waals surface area contributed by atoms with Crippen LogP contribution >= 0.6 is 0 Å². The minimum atomic E-state index is -0.726. The maximum atomic E-state index is 12.4. The summed E-state index contributed by atoms with van der Waals surface area (Å²) in [6, 6.07) is 16.3. The van der Waals surface area contributed by atoms with E-state index in [1.54, 1.807) is 31.4 Å². The number of methoxy groups -OCH3 is 1. The summed E-state index contributed by atoms with van der Waals surface area (Å²) in [6.07, 6.45) is 0. The van der Waals surface area contributed by atoms with Gasteiger partial charge >= 0.3 is 11.8 Å². The predicted octanol–water partition coefficient (Wildman–Crippen LogP) is 1.85. The monoisotopic (exact) mass is 364 g/mol. The van der Waals surface area contributed by atoms with Crippen LogP contribution in [0.2, 0.25) is 0 Å². The zero-order chi connectivity index (χ0) is 19.2. The van der Waals surface area contributed by atoms with E-state index in [0.29, 0.717) is 37.4 Å². The molecule has 1 fully saturated rings. The normalized spacial score (nSPS) is 13.6. The van der Waals surface area contributed by atoms with Crippen LogP contribution in [0.1, 0.15) is 5.56 Å². The zero-order valence-electron chi connectivity index (χ0n) is 15.0. The molecule has 1 heterocycles. The maximum absolute atomic E-state index is 12.4. The Morgan fingerprint density at radius 3 is 2.33 bits per heavy atom. The lowest BCUT2D eigenvalue weighted by Crippen LogP contribution is -2.51. The first-order chi connectivity index (χ1) is 13.1. The van der Waals surface area contributed by atoms with E-state index < -0.39 is 11.8 Å². The minimum Gasteiger partial charge on any atom is -0.497 e. The Kier molecular flexibility index (Phi) is 5.57. The molecule has 1 aliphatic heterocycles. The standard InChI is InChI=1S/C20H20N4O3/c1-27-17-8-6-16(7-9-17)23-10-12-24(13-11-23)20(26)19(25)22-18-5-3-2-4-15(18)14-21/h2-9H,10-13H2,1H3,(H,22,25). The van der Waals surface area contributed by atoms with Crippen molar-refractivity contribution in [3.05, 3.63) is 54.1 Å². The number of para-hydroxylation sites is 1. The third-order valence-electron chi connectivity index (χ3n) is 4.49. The number of carbonyl (C=O) groups is 2. The molecule has 0 radical (unpaired) electrons. The molecule has 27 heavy (non-hydrogen) atoms. The summed E-state index contributed by atoms with van der Waals surface area (Å²) in [4.78, 5) is 28.4. The zero-order valence-corrected chi connectivity index (χ0v) is 15.0. The van der Waals surface area contributed by atoms with Crippen LogP contribution in [0.25, 0.3) is 0 Å². The van der Waals surface area contributed by atoms with Crippen LogP contribution in [-0.4, -0.2) is 50.0 Å². The van der Waals surface area contributed by atoms with Crippen LogP contribution in [0, 0.1) is 11.3 Å². The fraction of sp³-hybridized carbons (Fsp3) is 0.250. The summed E-state index contributed by atoms with van der Waals surface area (Å²) >= 11 is 0. The SMILES string of the molecule is COc1ccc(N2CCN(C(=O)C(=O)Nc3ccccc3C#N)CC2)cc1. The van der Waals surface area contributed by atoms with E-state index in [0.717, 1.165) is 11.4 Å². The van der Waals surface area contributed by atoms with Crippen molar-refractivity contribution in [1.29, 1.82) is 5.26 Å². The van der Waals surface area contributed by atoms with Gasteiger partial charge in [0.2, 0.25) is 0 Å². The molecule has 0 saturated carbocycles. The van der Waals surface area contributed by atoms with Gasteiger partial charge in [0.05, 0.1) is 18.4 Å². The van der Waals surface area contributed by atoms with Gasteiger partial charge in [-0.1, -0.05) is 12.1 Å². The third-order valence-corrected chi connectivity index (χ3v) is 4.49. The molecule has 138 valence electrons. The maximum Gasteiger partial charge on any atom is 0.313 e. The number of hydrogen-bond donors (Lipinski definition) is 1. The van der Waals surface area contributed by atoms with Gasteiger partial charge < -0.3 is 19.9 Å². The second-order valence-electron chi connectivity index (χ2n) is 6.09. The number of piperazine rings is 1. The lowest BCUT2D eigenvalue weighted by Gasteiger charge is -2.35. The van der Waals surface area contributed by atoms with Crippen molar-refractivity contribution < 1.29 is 14.3 Å². The Labute approximate surface area is 157 Å². The Balaban J connectivity index is 1.57. The van der Waals surface area contributed by atoms with Crippen LogP contribution < -0.4 is 15.0 Å². The number of anilines is 2. The van der Waals surface area contributed by atoms with Crippen molar-refractivity contribution in [3.63, 3.8) is 0 Å². The van der Waals surface area contributed by atoms with Gasteiger partial charge in [-0.05, 0) is 36.4 Å². The van der Waals surface area contributed by atoms with Crippen molar-refractivity contribution >= 4 is 23.2 Å². The van der Waals surface area contributed by atoms with Gasteiger partial charge in [0, 0.05) is 31.9 Å². The van der Waals surface area contributed by atoms with Gasteiger partial charge in [-0.3, -0.25) is 9.59 Å². The highest BCUT2D eigenvalue weighted by molar-refractivity contribution is 6.39. The van der Waals surface area contributed by atoms with Gasteiger partial charge in [-0.15, -0.1) is 0 Å². The fourth-order valence-electron chi connectivity index (χ4n) is 2.97. The second kappa shape index (κ2) is 8.23. The van der Waals surface area contributed by atoms with Crippen molar-refractivity contribution in [3.8, 4) is 11.8 Å². The van der Waals surface area contributed by atoms with Gasteiger partial charge in [0.15, 0.2) is 0 Å². The number of hydrogen-bond acceptors (Lipinski definition) is 5. The largest absolute Gasteiger partial charge is 0.497 e. The number of ether oxygens (including phenoxy) is 1. The van der Waals surface area contributed by atoms with Crippen molar-refractivity contribution in [2.45, 2.75) is 0 Å². The summed E-state index contributed by atoms with van der Waals surface area (Å²) in [5, 5.41) is 11.6. The van der Waals surface area contributed by atoms with Crippen LogP contribution in [0.3, 0.4) is 0 Å². The Morgan fingerprint density at radius 1 is 1.04 bits per heavy atom. The van der Waals surface area contributed by atoms with Gasteiger partial charge in [-0.2, -0.15) is 5.26 Å². The molecule has 1 aliphatic rings. The smallest absolute Gasteiger partial charge is 0.313 e. The highest BCUT2D eigenvalue weighted by Crippen LogP contribution is 2.20. The molecule has 0 spiro atoms.